The Morgan fingerprint density at radius 3 is 2.70 bits per heavy atom. The summed E-state index contributed by atoms with van der Waals surface area (Å²) in [5, 5.41) is 2.54. The van der Waals surface area contributed by atoms with Crippen LogP contribution in [0.25, 0.3) is 0 Å². The van der Waals surface area contributed by atoms with E-state index in [1.165, 1.54) is 6.07 Å². The number of thioether (sulfide) groups is 1. The molecule has 0 unspecified atom stereocenters. The molecule has 0 spiro atoms. The fourth-order valence-corrected chi connectivity index (χ4v) is 2.05. The third-order valence-corrected chi connectivity index (χ3v) is 3.21. The molecule has 0 radical (unpaired) electrons. The Morgan fingerprint density at radius 2 is 2.05 bits per heavy atom. The van der Waals surface area contributed by atoms with Gasteiger partial charge in [0.05, 0.1) is 18.8 Å². The van der Waals surface area contributed by atoms with Gasteiger partial charge < -0.3 is 10.1 Å². The highest BCUT2D eigenvalue weighted by Gasteiger charge is 2.07. The van der Waals surface area contributed by atoms with Crippen molar-refractivity contribution in [3.05, 3.63) is 29.8 Å². The molecule has 1 aromatic carbocycles. The normalized spacial score (nSPS) is 10.2. The number of carbonyl (C=O) groups excluding carboxylic acids is 2. The molecule has 1 N–H and O–H groups in total. The van der Waals surface area contributed by atoms with E-state index in [2.05, 4.69) is 5.32 Å². The smallest absolute Gasteiger partial charge is 0.307 e. The summed E-state index contributed by atoms with van der Waals surface area (Å²) in [7, 11) is 0. The fourth-order valence-electron chi connectivity index (χ4n) is 1.30. The molecule has 1 aromatic rings. The number of benzene rings is 1. The Morgan fingerprint density at radius 1 is 1.30 bits per heavy atom. The van der Waals surface area contributed by atoms with Crippen molar-refractivity contribution < 1.29 is 23.1 Å². The van der Waals surface area contributed by atoms with Crippen molar-refractivity contribution in [3.8, 4) is 0 Å². The number of hydrogen-bond acceptors (Lipinski definition) is 4. The zero-order valence-corrected chi connectivity index (χ0v) is 11.8. The number of rotatable bonds is 7. The van der Waals surface area contributed by atoms with E-state index < -0.39 is 11.6 Å². The van der Waals surface area contributed by atoms with Crippen molar-refractivity contribution in [1.29, 1.82) is 0 Å². The number of nitrogens with one attached hydrogen (secondary N) is 1. The van der Waals surface area contributed by atoms with Crippen LogP contribution in [0.5, 0.6) is 0 Å². The van der Waals surface area contributed by atoms with Gasteiger partial charge in [-0.1, -0.05) is 0 Å². The number of carbonyl (C=O) groups is 2. The molecule has 20 heavy (non-hydrogen) atoms. The molecule has 1 amide bonds. The molecule has 0 aliphatic rings. The first kappa shape index (κ1) is 16.4. The van der Waals surface area contributed by atoms with Crippen molar-refractivity contribution in [1.82, 2.24) is 5.32 Å². The highest BCUT2D eigenvalue weighted by atomic mass is 32.2. The Balaban J connectivity index is 2.26. The molecule has 0 saturated carbocycles. The van der Waals surface area contributed by atoms with E-state index in [1.807, 2.05) is 0 Å². The lowest BCUT2D eigenvalue weighted by atomic mass is 10.3. The number of esters is 1. The van der Waals surface area contributed by atoms with Crippen LogP contribution in [-0.4, -0.2) is 30.8 Å². The maximum absolute atomic E-state index is 12.9. The monoisotopic (exact) mass is 303 g/mol. The Kier molecular flexibility index (Phi) is 7.00. The molecule has 4 nitrogen and oxygen atoms in total. The maximum atomic E-state index is 12.9. The fraction of sp³-hybridized carbons (Fsp3) is 0.385. The van der Waals surface area contributed by atoms with Gasteiger partial charge in [0.1, 0.15) is 0 Å². The van der Waals surface area contributed by atoms with Gasteiger partial charge in [-0.3, -0.25) is 9.59 Å². The standard InChI is InChI=1S/C13H15F2NO3S/c1-2-19-13(18)5-6-16-12(17)8-20-9-3-4-10(14)11(15)7-9/h3-4,7H,2,5-6,8H2,1H3,(H,16,17). The van der Waals surface area contributed by atoms with Gasteiger partial charge in [0.15, 0.2) is 11.6 Å². The molecule has 0 bridgehead atoms. The molecule has 0 heterocycles. The zero-order valence-electron chi connectivity index (χ0n) is 10.9. The van der Waals surface area contributed by atoms with Gasteiger partial charge in [-0.15, -0.1) is 11.8 Å². The van der Waals surface area contributed by atoms with Crippen LogP contribution in [0.15, 0.2) is 23.1 Å². The van der Waals surface area contributed by atoms with Crippen molar-refractivity contribution in [2.75, 3.05) is 18.9 Å². The highest BCUT2D eigenvalue weighted by molar-refractivity contribution is 8.00. The van der Waals surface area contributed by atoms with E-state index in [0.717, 1.165) is 23.9 Å². The minimum atomic E-state index is -0.947. The van der Waals surface area contributed by atoms with Gasteiger partial charge >= 0.3 is 5.97 Å². The SMILES string of the molecule is CCOC(=O)CCNC(=O)CSc1ccc(F)c(F)c1. The Labute approximate surface area is 119 Å². The van der Waals surface area contributed by atoms with Gasteiger partial charge in [0.25, 0.3) is 0 Å². The summed E-state index contributed by atoms with van der Waals surface area (Å²) < 4.78 is 30.3. The number of halogens is 2. The largest absolute Gasteiger partial charge is 0.466 e. The first-order valence-electron chi connectivity index (χ1n) is 6.03. The van der Waals surface area contributed by atoms with Crippen LogP contribution in [0.4, 0.5) is 8.78 Å². The number of amides is 1. The molecule has 0 fully saturated rings. The predicted octanol–water partition coefficient (Wildman–Crippen LogP) is 2.13. The van der Waals surface area contributed by atoms with Crippen molar-refractivity contribution in [3.63, 3.8) is 0 Å². The van der Waals surface area contributed by atoms with Crippen molar-refractivity contribution in [2.24, 2.45) is 0 Å². The summed E-state index contributed by atoms with van der Waals surface area (Å²) in [6, 6.07) is 3.44. The van der Waals surface area contributed by atoms with Gasteiger partial charge in [-0.2, -0.15) is 0 Å². The number of ether oxygens (including phenoxy) is 1. The summed E-state index contributed by atoms with van der Waals surface area (Å²) in [6.45, 7) is 2.20. The summed E-state index contributed by atoms with van der Waals surface area (Å²) in [6.07, 6.45) is 0.107. The zero-order chi connectivity index (χ0) is 15.0. The van der Waals surface area contributed by atoms with Crippen LogP contribution in [0, 0.1) is 11.6 Å². The van der Waals surface area contributed by atoms with Crippen LogP contribution < -0.4 is 5.32 Å². The summed E-state index contributed by atoms with van der Waals surface area (Å²) in [5.74, 6) is -2.47. The minimum absolute atomic E-state index is 0.0634. The second kappa shape index (κ2) is 8.52. The lowest BCUT2D eigenvalue weighted by Gasteiger charge is -2.05. The van der Waals surface area contributed by atoms with Crippen molar-refractivity contribution in [2.45, 2.75) is 18.2 Å². The van der Waals surface area contributed by atoms with E-state index in [1.54, 1.807) is 6.92 Å². The van der Waals surface area contributed by atoms with Gasteiger partial charge in [-0.25, -0.2) is 8.78 Å². The molecule has 0 saturated heterocycles. The highest BCUT2D eigenvalue weighted by Crippen LogP contribution is 2.19. The van der Waals surface area contributed by atoms with Gasteiger partial charge in [0.2, 0.25) is 5.91 Å². The minimum Gasteiger partial charge on any atom is -0.466 e. The molecule has 0 aromatic heterocycles. The third kappa shape index (κ3) is 6.01. The van der Waals surface area contributed by atoms with E-state index in [-0.39, 0.29) is 30.6 Å². The van der Waals surface area contributed by atoms with Gasteiger partial charge in [0, 0.05) is 11.4 Å². The molecule has 0 aliphatic carbocycles. The molecule has 110 valence electrons. The van der Waals surface area contributed by atoms with E-state index in [0.29, 0.717) is 11.5 Å². The second-order valence-corrected chi connectivity index (χ2v) is 4.82. The van der Waals surface area contributed by atoms with Gasteiger partial charge in [-0.05, 0) is 25.1 Å². The Hall–Kier alpha value is -1.63. The quantitative estimate of drug-likeness (QED) is 0.619. The van der Waals surface area contributed by atoms with Crippen LogP contribution in [-0.2, 0) is 14.3 Å². The Bertz CT molecular complexity index is 483. The maximum Gasteiger partial charge on any atom is 0.307 e. The first-order valence-corrected chi connectivity index (χ1v) is 7.01. The average Bonchev–Trinajstić information content (AvgIpc) is 2.40. The van der Waals surface area contributed by atoms with Crippen LogP contribution in [0.2, 0.25) is 0 Å². The second-order valence-electron chi connectivity index (χ2n) is 3.77. The average molecular weight is 303 g/mol. The van der Waals surface area contributed by atoms with Crippen molar-refractivity contribution >= 4 is 23.6 Å². The molecular formula is C13H15F2NO3S. The van der Waals surface area contributed by atoms with E-state index in [4.69, 9.17) is 4.74 Å². The lowest BCUT2D eigenvalue weighted by molar-refractivity contribution is -0.142. The van der Waals surface area contributed by atoms with Crippen LogP contribution in [0.1, 0.15) is 13.3 Å². The topological polar surface area (TPSA) is 55.4 Å². The predicted molar refractivity (Wildman–Crippen MR) is 71.3 cm³/mol. The van der Waals surface area contributed by atoms with E-state index >= 15 is 0 Å². The van der Waals surface area contributed by atoms with Crippen LogP contribution >= 0.6 is 11.8 Å². The lowest BCUT2D eigenvalue weighted by Crippen LogP contribution is -2.28. The molecule has 7 heteroatoms. The number of hydrogen-bond donors (Lipinski definition) is 1. The summed E-state index contributed by atoms with van der Waals surface area (Å²) in [4.78, 5) is 22.9. The van der Waals surface area contributed by atoms with Crippen LogP contribution in [0.3, 0.4) is 0 Å². The summed E-state index contributed by atoms with van der Waals surface area (Å²) >= 11 is 1.09. The molecule has 0 aliphatic heterocycles. The molecular weight excluding hydrogens is 288 g/mol. The third-order valence-electron chi connectivity index (χ3n) is 2.22. The van der Waals surface area contributed by atoms with E-state index in [9.17, 15) is 18.4 Å². The summed E-state index contributed by atoms with van der Waals surface area (Å²) in [5.41, 5.74) is 0. The first-order chi connectivity index (χ1) is 9.52. The molecule has 0 atom stereocenters. The molecule has 1 rings (SSSR count).